The second kappa shape index (κ2) is 8.12. The molecule has 0 spiro atoms. The van der Waals surface area contributed by atoms with E-state index < -0.39 is 0 Å². The van der Waals surface area contributed by atoms with E-state index in [0.717, 1.165) is 17.3 Å². The van der Waals surface area contributed by atoms with Crippen molar-refractivity contribution in [3.05, 3.63) is 76.8 Å². The van der Waals surface area contributed by atoms with Gasteiger partial charge in [0, 0.05) is 11.9 Å². The SMILES string of the molecule is COc1cccc2ccc(/C=C3\SC(=S)N(CCc4ccccc4)C3=O)nc12. The van der Waals surface area contributed by atoms with E-state index in [-0.39, 0.29) is 5.91 Å². The van der Waals surface area contributed by atoms with E-state index in [0.29, 0.717) is 27.2 Å². The summed E-state index contributed by atoms with van der Waals surface area (Å²) >= 11 is 6.75. The molecule has 1 aliphatic rings. The normalized spacial score (nSPS) is 15.6. The van der Waals surface area contributed by atoms with Crippen LogP contribution >= 0.6 is 24.0 Å². The van der Waals surface area contributed by atoms with Gasteiger partial charge in [-0.1, -0.05) is 72.5 Å². The van der Waals surface area contributed by atoms with Crippen molar-refractivity contribution in [1.82, 2.24) is 9.88 Å². The summed E-state index contributed by atoms with van der Waals surface area (Å²) in [4.78, 5) is 19.7. The summed E-state index contributed by atoms with van der Waals surface area (Å²) in [5.74, 6) is 0.649. The van der Waals surface area contributed by atoms with Crippen LogP contribution in [0.3, 0.4) is 0 Å². The van der Waals surface area contributed by atoms with Crippen molar-refractivity contribution in [3.63, 3.8) is 0 Å². The highest BCUT2D eigenvalue weighted by atomic mass is 32.2. The molecule has 1 amide bonds. The molecule has 1 saturated heterocycles. The van der Waals surface area contributed by atoms with Gasteiger partial charge in [-0.25, -0.2) is 4.98 Å². The number of nitrogens with zero attached hydrogens (tertiary/aromatic N) is 2. The van der Waals surface area contributed by atoms with E-state index in [1.165, 1.54) is 17.3 Å². The molecular weight excluding hydrogens is 388 g/mol. The minimum absolute atomic E-state index is 0.0622. The Hall–Kier alpha value is -2.70. The van der Waals surface area contributed by atoms with Crippen molar-refractivity contribution in [2.75, 3.05) is 13.7 Å². The number of amides is 1. The molecule has 28 heavy (non-hydrogen) atoms. The zero-order chi connectivity index (χ0) is 19.5. The molecule has 0 aliphatic carbocycles. The number of methoxy groups -OCH3 is 1. The van der Waals surface area contributed by atoms with Gasteiger partial charge in [0.05, 0.1) is 17.7 Å². The van der Waals surface area contributed by atoms with Crippen molar-refractivity contribution in [2.45, 2.75) is 6.42 Å². The number of ether oxygens (including phenoxy) is 1. The lowest BCUT2D eigenvalue weighted by molar-refractivity contribution is -0.122. The average molecular weight is 407 g/mol. The smallest absolute Gasteiger partial charge is 0.266 e. The molecule has 0 unspecified atom stereocenters. The third-order valence-electron chi connectivity index (χ3n) is 4.54. The lowest BCUT2D eigenvalue weighted by Gasteiger charge is -2.14. The highest BCUT2D eigenvalue weighted by Gasteiger charge is 2.31. The average Bonchev–Trinajstić information content (AvgIpc) is 2.99. The molecule has 0 atom stereocenters. The highest BCUT2D eigenvalue weighted by molar-refractivity contribution is 8.26. The standard InChI is InChI=1S/C22H18N2O2S2/c1-26-18-9-5-8-16-10-11-17(23-20(16)18)14-19-21(25)24(22(27)28-19)13-12-15-6-3-2-4-7-15/h2-11,14H,12-13H2,1H3/b19-14-. The van der Waals surface area contributed by atoms with Crippen LogP contribution in [0.25, 0.3) is 17.0 Å². The second-order valence-electron chi connectivity index (χ2n) is 6.34. The number of rotatable bonds is 5. The molecular formula is C22H18N2O2S2. The molecule has 1 fully saturated rings. The van der Waals surface area contributed by atoms with Crippen molar-refractivity contribution < 1.29 is 9.53 Å². The van der Waals surface area contributed by atoms with Gasteiger partial charge in [0.15, 0.2) is 0 Å². The predicted octanol–water partition coefficient (Wildman–Crippen LogP) is 4.69. The molecule has 0 saturated carbocycles. The third kappa shape index (κ3) is 3.79. The first-order chi connectivity index (χ1) is 13.7. The number of thioether (sulfide) groups is 1. The van der Waals surface area contributed by atoms with Gasteiger partial charge in [0.1, 0.15) is 15.6 Å². The predicted molar refractivity (Wildman–Crippen MR) is 118 cm³/mol. The maximum Gasteiger partial charge on any atom is 0.266 e. The van der Waals surface area contributed by atoms with Crippen LogP contribution in [0.1, 0.15) is 11.3 Å². The first-order valence-electron chi connectivity index (χ1n) is 8.89. The highest BCUT2D eigenvalue weighted by Crippen LogP contribution is 2.33. The quantitative estimate of drug-likeness (QED) is 0.454. The fourth-order valence-corrected chi connectivity index (χ4v) is 4.39. The molecule has 4 nitrogen and oxygen atoms in total. The van der Waals surface area contributed by atoms with Crippen LogP contribution in [0, 0.1) is 0 Å². The Bertz CT molecular complexity index is 1080. The number of hydrogen-bond donors (Lipinski definition) is 0. The molecule has 1 aromatic heterocycles. The van der Waals surface area contributed by atoms with Crippen molar-refractivity contribution in [3.8, 4) is 5.75 Å². The molecule has 0 bridgehead atoms. The number of thiocarbonyl (C=S) groups is 1. The van der Waals surface area contributed by atoms with Crippen LogP contribution in [0.2, 0.25) is 0 Å². The molecule has 6 heteroatoms. The molecule has 3 aromatic rings. The summed E-state index contributed by atoms with van der Waals surface area (Å²) in [6, 6.07) is 19.8. The number of pyridine rings is 1. The number of benzene rings is 2. The van der Waals surface area contributed by atoms with Gasteiger partial charge in [-0.15, -0.1) is 0 Å². The fraction of sp³-hybridized carbons (Fsp3) is 0.136. The van der Waals surface area contributed by atoms with E-state index in [4.69, 9.17) is 17.0 Å². The zero-order valence-electron chi connectivity index (χ0n) is 15.3. The Morgan fingerprint density at radius 2 is 1.93 bits per heavy atom. The Balaban J connectivity index is 1.56. The summed E-state index contributed by atoms with van der Waals surface area (Å²) in [6.45, 7) is 0.574. The van der Waals surface area contributed by atoms with Crippen molar-refractivity contribution >= 4 is 51.2 Å². The van der Waals surface area contributed by atoms with E-state index in [2.05, 4.69) is 17.1 Å². The Morgan fingerprint density at radius 1 is 1.11 bits per heavy atom. The van der Waals surface area contributed by atoms with Crippen LogP contribution < -0.4 is 4.74 Å². The van der Waals surface area contributed by atoms with Gasteiger partial charge in [-0.2, -0.15) is 0 Å². The first-order valence-corrected chi connectivity index (χ1v) is 10.1. The molecule has 0 N–H and O–H groups in total. The van der Waals surface area contributed by atoms with Gasteiger partial charge in [0.25, 0.3) is 5.91 Å². The monoisotopic (exact) mass is 406 g/mol. The van der Waals surface area contributed by atoms with Gasteiger partial charge in [0.2, 0.25) is 0 Å². The Kier molecular flexibility index (Phi) is 5.41. The fourth-order valence-electron chi connectivity index (χ4n) is 3.09. The van der Waals surface area contributed by atoms with E-state index in [9.17, 15) is 4.79 Å². The van der Waals surface area contributed by atoms with E-state index in [1.807, 2.05) is 48.5 Å². The Labute approximate surface area is 173 Å². The molecule has 1 aliphatic heterocycles. The number of carbonyl (C=O) groups excluding carboxylic acids is 1. The molecule has 4 rings (SSSR count). The number of para-hydroxylation sites is 1. The van der Waals surface area contributed by atoms with Gasteiger partial charge in [-0.3, -0.25) is 9.69 Å². The largest absolute Gasteiger partial charge is 0.494 e. The number of carbonyl (C=O) groups is 1. The van der Waals surface area contributed by atoms with E-state index >= 15 is 0 Å². The third-order valence-corrected chi connectivity index (χ3v) is 5.92. The summed E-state index contributed by atoms with van der Waals surface area (Å²) in [5.41, 5.74) is 2.67. The van der Waals surface area contributed by atoms with E-state index in [1.54, 1.807) is 18.1 Å². The van der Waals surface area contributed by atoms with Crippen LogP contribution in [-0.2, 0) is 11.2 Å². The lowest BCUT2D eigenvalue weighted by Crippen LogP contribution is -2.30. The Morgan fingerprint density at radius 3 is 2.71 bits per heavy atom. The number of hydrogen-bond acceptors (Lipinski definition) is 5. The number of fused-ring (bicyclic) bond motifs is 1. The summed E-state index contributed by atoms with van der Waals surface area (Å²) in [6.07, 6.45) is 2.57. The van der Waals surface area contributed by atoms with Crippen molar-refractivity contribution in [2.24, 2.45) is 0 Å². The van der Waals surface area contributed by atoms with Crippen LogP contribution in [0.5, 0.6) is 5.75 Å². The molecule has 2 heterocycles. The maximum absolute atomic E-state index is 12.8. The van der Waals surface area contributed by atoms with Gasteiger partial charge in [-0.05, 0) is 30.2 Å². The van der Waals surface area contributed by atoms with Gasteiger partial charge >= 0.3 is 0 Å². The maximum atomic E-state index is 12.8. The van der Waals surface area contributed by atoms with Gasteiger partial charge < -0.3 is 4.74 Å². The van der Waals surface area contributed by atoms with Crippen LogP contribution in [-0.4, -0.2) is 33.8 Å². The summed E-state index contributed by atoms with van der Waals surface area (Å²) < 4.78 is 5.99. The second-order valence-corrected chi connectivity index (χ2v) is 8.01. The topological polar surface area (TPSA) is 42.4 Å². The minimum atomic E-state index is -0.0622. The van der Waals surface area contributed by atoms with Crippen molar-refractivity contribution in [1.29, 1.82) is 0 Å². The molecule has 0 radical (unpaired) electrons. The minimum Gasteiger partial charge on any atom is -0.494 e. The first kappa shape index (κ1) is 18.7. The number of aromatic nitrogens is 1. The molecule has 2 aromatic carbocycles. The lowest BCUT2D eigenvalue weighted by atomic mass is 10.1. The molecule has 140 valence electrons. The zero-order valence-corrected chi connectivity index (χ0v) is 16.9. The summed E-state index contributed by atoms with van der Waals surface area (Å²) in [7, 11) is 1.63. The van der Waals surface area contributed by atoms with Crippen LogP contribution in [0.4, 0.5) is 0 Å². The van der Waals surface area contributed by atoms with Crippen LogP contribution in [0.15, 0.2) is 65.6 Å². The summed E-state index contributed by atoms with van der Waals surface area (Å²) in [5, 5.41) is 0.993.